The number of carbonyl (C=O) groups is 2. The molecule has 3 aromatic rings. The van der Waals surface area contributed by atoms with Gasteiger partial charge in [-0.2, -0.15) is 0 Å². The number of methoxy groups -OCH3 is 1. The molecule has 3 rings (SSSR count). The third-order valence-electron chi connectivity index (χ3n) is 4.17. The first-order chi connectivity index (χ1) is 13.5. The van der Waals surface area contributed by atoms with E-state index in [1.807, 2.05) is 30.3 Å². The summed E-state index contributed by atoms with van der Waals surface area (Å²) in [4.78, 5) is 24.9. The zero-order valence-electron chi connectivity index (χ0n) is 15.9. The molecule has 1 aromatic heterocycles. The van der Waals surface area contributed by atoms with Crippen LogP contribution >= 0.6 is 0 Å². The van der Waals surface area contributed by atoms with Crippen LogP contribution in [-0.4, -0.2) is 30.1 Å². The molecule has 1 heterocycles. The van der Waals surface area contributed by atoms with Gasteiger partial charge in [0.05, 0.1) is 7.11 Å². The molecular weight excluding hydrogens is 358 g/mol. The van der Waals surface area contributed by atoms with E-state index in [4.69, 9.17) is 9.26 Å². The lowest BCUT2D eigenvalue weighted by atomic mass is 10.0. The second-order valence-corrected chi connectivity index (χ2v) is 6.29. The Kier molecular flexibility index (Phi) is 5.74. The highest BCUT2D eigenvalue weighted by Crippen LogP contribution is 2.30. The molecule has 7 nitrogen and oxygen atoms in total. The summed E-state index contributed by atoms with van der Waals surface area (Å²) in [5.74, 6) is 0.797. The predicted octanol–water partition coefficient (Wildman–Crippen LogP) is 3.42. The molecule has 0 radical (unpaired) electrons. The van der Waals surface area contributed by atoms with E-state index in [1.165, 1.54) is 0 Å². The molecule has 2 N–H and O–H groups in total. The topological polar surface area (TPSA) is 93.5 Å². The molecule has 7 heteroatoms. The number of aromatic nitrogens is 1. The van der Waals surface area contributed by atoms with E-state index < -0.39 is 11.9 Å². The van der Waals surface area contributed by atoms with Crippen LogP contribution in [0.5, 0.6) is 5.75 Å². The molecule has 1 unspecified atom stereocenters. The Morgan fingerprint density at radius 1 is 1.11 bits per heavy atom. The van der Waals surface area contributed by atoms with Crippen LogP contribution in [0.2, 0.25) is 0 Å². The van der Waals surface area contributed by atoms with Gasteiger partial charge in [-0.05, 0) is 37.6 Å². The molecule has 0 aliphatic carbocycles. The van der Waals surface area contributed by atoms with Crippen LogP contribution in [0.25, 0.3) is 11.1 Å². The van der Waals surface area contributed by atoms with Crippen molar-refractivity contribution >= 4 is 17.6 Å². The van der Waals surface area contributed by atoms with Gasteiger partial charge >= 0.3 is 0 Å². The predicted molar refractivity (Wildman–Crippen MR) is 105 cm³/mol. The molecule has 28 heavy (non-hydrogen) atoms. The minimum absolute atomic E-state index is 0.305. The Morgan fingerprint density at radius 3 is 2.50 bits per heavy atom. The van der Waals surface area contributed by atoms with Crippen molar-refractivity contribution in [3.05, 3.63) is 65.9 Å². The fourth-order valence-corrected chi connectivity index (χ4v) is 2.70. The summed E-state index contributed by atoms with van der Waals surface area (Å²) in [5, 5.41) is 8.99. The van der Waals surface area contributed by atoms with Crippen LogP contribution < -0.4 is 15.4 Å². The summed E-state index contributed by atoms with van der Waals surface area (Å²) in [6, 6.07) is 15.6. The maximum Gasteiger partial charge on any atom is 0.251 e. The molecular formula is C21H21N3O4. The molecule has 0 saturated carbocycles. The second kappa shape index (κ2) is 8.39. The first-order valence-corrected chi connectivity index (χ1v) is 8.76. The maximum atomic E-state index is 12.6. The van der Waals surface area contributed by atoms with Crippen molar-refractivity contribution in [2.45, 2.75) is 19.9 Å². The van der Waals surface area contributed by atoms with E-state index in [9.17, 15) is 9.59 Å². The van der Waals surface area contributed by atoms with Gasteiger partial charge in [0.1, 0.15) is 17.6 Å². The van der Waals surface area contributed by atoms with Gasteiger partial charge in [-0.25, -0.2) is 0 Å². The number of rotatable bonds is 6. The number of anilines is 1. The second-order valence-electron chi connectivity index (χ2n) is 6.29. The van der Waals surface area contributed by atoms with Crippen LogP contribution in [0, 0.1) is 6.92 Å². The Hall–Kier alpha value is -3.61. The van der Waals surface area contributed by atoms with E-state index in [1.54, 1.807) is 45.2 Å². The van der Waals surface area contributed by atoms with Gasteiger partial charge in [-0.1, -0.05) is 35.5 Å². The normalized spacial score (nSPS) is 11.5. The molecule has 0 aliphatic heterocycles. The van der Waals surface area contributed by atoms with E-state index in [0.29, 0.717) is 22.9 Å². The standard InChI is InChI=1S/C21H21N3O4/c1-13-11-19(24-28-13)23-20(25)14(2)22-21(26)16-9-10-18(27-3)17(12-16)15-7-5-4-6-8-15/h4-12,14H,1-3H3,(H,22,26)(H,23,24,25). The summed E-state index contributed by atoms with van der Waals surface area (Å²) in [6.07, 6.45) is 0. The Morgan fingerprint density at radius 2 is 1.86 bits per heavy atom. The number of ether oxygens (including phenoxy) is 1. The van der Waals surface area contributed by atoms with Gasteiger partial charge < -0.3 is 19.9 Å². The summed E-state index contributed by atoms with van der Waals surface area (Å²) in [6.45, 7) is 3.32. The van der Waals surface area contributed by atoms with Gasteiger partial charge in [0.2, 0.25) is 5.91 Å². The van der Waals surface area contributed by atoms with Crippen LogP contribution in [0.3, 0.4) is 0 Å². The highest BCUT2D eigenvalue weighted by atomic mass is 16.5. The number of hydrogen-bond donors (Lipinski definition) is 2. The van der Waals surface area contributed by atoms with Gasteiger partial charge in [-0.3, -0.25) is 9.59 Å². The van der Waals surface area contributed by atoms with Crippen molar-refractivity contribution in [2.24, 2.45) is 0 Å². The van der Waals surface area contributed by atoms with Crippen molar-refractivity contribution < 1.29 is 18.8 Å². The summed E-state index contributed by atoms with van der Waals surface area (Å²) < 4.78 is 10.3. The molecule has 0 fully saturated rings. The van der Waals surface area contributed by atoms with Crippen molar-refractivity contribution in [3.63, 3.8) is 0 Å². The van der Waals surface area contributed by atoms with Crippen LogP contribution in [0.15, 0.2) is 59.1 Å². The Balaban J connectivity index is 1.74. The van der Waals surface area contributed by atoms with Gasteiger partial charge in [0, 0.05) is 17.2 Å². The van der Waals surface area contributed by atoms with Gasteiger partial charge in [0.25, 0.3) is 5.91 Å². The van der Waals surface area contributed by atoms with E-state index in [0.717, 1.165) is 11.1 Å². The zero-order chi connectivity index (χ0) is 20.1. The number of benzene rings is 2. The number of aryl methyl sites for hydroxylation is 1. The largest absolute Gasteiger partial charge is 0.496 e. The van der Waals surface area contributed by atoms with Crippen LogP contribution in [0.1, 0.15) is 23.0 Å². The average Bonchev–Trinajstić information content (AvgIpc) is 3.12. The summed E-state index contributed by atoms with van der Waals surface area (Å²) in [5.41, 5.74) is 2.16. The Bertz CT molecular complexity index is 982. The molecule has 0 saturated heterocycles. The lowest BCUT2D eigenvalue weighted by Gasteiger charge is -2.15. The van der Waals surface area contributed by atoms with Gasteiger partial charge in [0.15, 0.2) is 5.82 Å². The molecule has 0 spiro atoms. The highest BCUT2D eigenvalue weighted by Gasteiger charge is 2.19. The fraction of sp³-hybridized carbons (Fsp3) is 0.190. The Labute approximate surface area is 162 Å². The van der Waals surface area contributed by atoms with E-state index in [-0.39, 0.29) is 5.91 Å². The number of carbonyl (C=O) groups excluding carboxylic acids is 2. The maximum absolute atomic E-state index is 12.6. The molecule has 144 valence electrons. The van der Waals surface area contributed by atoms with E-state index in [2.05, 4.69) is 15.8 Å². The monoisotopic (exact) mass is 379 g/mol. The summed E-state index contributed by atoms with van der Waals surface area (Å²) >= 11 is 0. The fourth-order valence-electron chi connectivity index (χ4n) is 2.70. The minimum atomic E-state index is -0.758. The van der Waals surface area contributed by atoms with Crippen molar-refractivity contribution in [1.82, 2.24) is 10.5 Å². The summed E-state index contributed by atoms with van der Waals surface area (Å²) in [7, 11) is 1.58. The minimum Gasteiger partial charge on any atom is -0.496 e. The van der Waals surface area contributed by atoms with Crippen molar-refractivity contribution in [1.29, 1.82) is 0 Å². The third kappa shape index (κ3) is 4.37. The lowest BCUT2D eigenvalue weighted by Crippen LogP contribution is -2.41. The van der Waals surface area contributed by atoms with Crippen LogP contribution in [-0.2, 0) is 4.79 Å². The molecule has 0 aliphatic rings. The molecule has 2 amide bonds. The first kappa shape index (κ1) is 19.2. The average molecular weight is 379 g/mol. The number of hydrogen-bond acceptors (Lipinski definition) is 5. The highest BCUT2D eigenvalue weighted by molar-refractivity contribution is 6.01. The van der Waals surface area contributed by atoms with E-state index >= 15 is 0 Å². The van der Waals surface area contributed by atoms with Crippen molar-refractivity contribution in [2.75, 3.05) is 12.4 Å². The molecule has 1 atom stereocenters. The van der Waals surface area contributed by atoms with Crippen molar-refractivity contribution in [3.8, 4) is 16.9 Å². The zero-order valence-corrected chi connectivity index (χ0v) is 15.9. The molecule has 0 bridgehead atoms. The van der Waals surface area contributed by atoms with Crippen LogP contribution in [0.4, 0.5) is 5.82 Å². The SMILES string of the molecule is COc1ccc(C(=O)NC(C)C(=O)Nc2cc(C)on2)cc1-c1ccccc1. The number of nitrogens with one attached hydrogen (secondary N) is 2. The first-order valence-electron chi connectivity index (χ1n) is 8.76. The smallest absolute Gasteiger partial charge is 0.251 e. The number of amides is 2. The number of nitrogens with zero attached hydrogens (tertiary/aromatic N) is 1. The van der Waals surface area contributed by atoms with Gasteiger partial charge in [-0.15, -0.1) is 0 Å². The quantitative estimate of drug-likeness (QED) is 0.684. The third-order valence-corrected chi connectivity index (χ3v) is 4.17. The molecule has 2 aromatic carbocycles. The lowest BCUT2D eigenvalue weighted by molar-refractivity contribution is -0.117.